The third-order valence-corrected chi connectivity index (χ3v) is 2.89. The van der Waals surface area contributed by atoms with Gasteiger partial charge in [0.05, 0.1) is 0 Å². The molecule has 0 atom stereocenters. The SMILES string of the molecule is Cc1cc(Cl)nc(Cl)c1CCCBr. The highest BCUT2D eigenvalue weighted by Gasteiger charge is 2.06. The van der Waals surface area contributed by atoms with E-state index in [1.165, 1.54) is 0 Å². The van der Waals surface area contributed by atoms with Crippen molar-refractivity contribution in [3.05, 3.63) is 27.5 Å². The lowest BCUT2D eigenvalue weighted by molar-refractivity contribution is 0.920. The summed E-state index contributed by atoms with van der Waals surface area (Å²) in [6, 6.07) is 1.84. The monoisotopic (exact) mass is 281 g/mol. The van der Waals surface area contributed by atoms with Gasteiger partial charge in [0.1, 0.15) is 10.3 Å². The van der Waals surface area contributed by atoms with Crippen molar-refractivity contribution in [2.24, 2.45) is 0 Å². The van der Waals surface area contributed by atoms with Gasteiger partial charge in [-0.15, -0.1) is 0 Å². The minimum atomic E-state index is 0.463. The fraction of sp³-hybridized carbons (Fsp3) is 0.444. The van der Waals surface area contributed by atoms with E-state index in [1.54, 1.807) is 0 Å². The van der Waals surface area contributed by atoms with Gasteiger partial charge in [0.25, 0.3) is 0 Å². The number of aryl methyl sites for hydroxylation is 1. The van der Waals surface area contributed by atoms with Gasteiger partial charge in [-0.1, -0.05) is 39.1 Å². The number of hydrogen-bond donors (Lipinski definition) is 0. The van der Waals surface area contributed by atoms with Crippen molar-refractivity contribution < 1.29 is 0 Å². The van der Waals surface area contributed by atoms with E-state index in [1.807, 2.05) is 13.0 Å². The maximum absolute atomic E-state index is 5.96. The lowest BCUT2D eigenvalue weighted by atomic mass is 10.1. The zero-order valence-corrected chi connectivity index (χ0v) is 10.4. The lowest BCUT2D eigenvalue weighted by Gasteiger charge is -2.06. The van der Waals surface area contributed by atoms with Crippen molar-refractivity contribution in [3.63, 3.8) is 0 Å². The largest absolute Gasteiger partial charge is 0.224 e. The van der Waals surface area contributed by atoms with E-state index in [4.69, 9.17) is 23.2 Å². The topological polar surface area (TPSA) is 12.9 Å². The predicted molar refractivity (Wildman–Crippen MR) is 61.1 cm³/mol. The van der Waals surface area contributed by atoms with Crippen LogP contribution in [0.3, 0.4) is 0 Å². The van der Waals surface area contributed by atoms with Gasteiger partial charge in [0.2, 0.25) is 0 Å². The number of nitrogens with zero attached hydrogens (tertiary/aromatic N) is 1. The van der Waals surface area contributed by atoms with E-state index in [-0.39, 0.29) is 0 Å². The Labute approximate surface area is 96.6 Å². The molecule has 1 heterocycles. The molecule has 13 heavy (non-hydrogen) atoms. The second-order valence-corrected chi connectivity index (χ2v) is 4.36. The average Bonchev–Trinajstić information content (AvgIpc) is 2.02. The van der Waals surface area contributed by atoms with Crippen LogP contribution in [0.1, 0.15) is 17.5 Å². The molecule has 0 spiro atoms. The van der Waals surface area contributed by atoms with Gasteiger partial charge in [-0.2, -0.15) is 0 Å². The van der Waals surface area contributed by atoms with Crippen LogP contribution in [0.25, 0.3) is 0 Å². The quantitative estimate of drug-likeness (QED) is 0.603. The number of pyridine rings is 1. The van der Waals surface area contributed by atoms with Crippen LogP contribution < -0.4 is 0 Å². The van der Waals surface area contributed by atoms with E-state index in [2.05, 4.69) is 20.9 Å². The molecule has 72 valence electrons. The summed E-state index contributed by atoms with van der Waals surface area (Å²) in [5.41, 5.74) is 2.22. The summed E-state index contributed by atoms with van der Waals surface area (Å²) in [6.45, 7) is 2.00. The van der Waals surface area contributed by atoms with Gasteiger partial charge < -0.3 is 0 Å². The Morgan fingerprint density at radius 1 is 1.46 bits per heavy atom. The Hall–Kier alpha value is 0.210. The van der Waals surface area contributed by atoms with Crippen molar-refractivity contribution in [2.45, 2.75) is 19.8 Å². The molecule has 0 aromatic carbocycles. The fourth-order valence-corrected chi connectivity index (χ4v) is 2.07. The highest BCUT2D eigenvalue weighted by Crippen LogP contribution is 2.22. The molecular weight excluding hydrogens is 273 g/mol. The van der Waals surface area contributed by atoms with Crippen molar-refractivity contribution >= 4 is 39.1 Å². The maximum Gasteiger partial charge on any atom is 0.134 e. The van der Waals surface area contributed by atoms with E-state index in [9.17, 15) is 0 Å². The number of halogens is 3. The summed E-state index contributed by atoms with van der Waals surface area (Å²) < 4.78 is 0. The molecule has 1 nitrogen and oxygen atoms in total. The molecule has 0 fully saturated rings. The van der Waals surface area contributed by atoms with Gasteiger partial charge in [0, 0.05) is 5.33 Å². The van der Waals surface area contributed by atoms with Crippen molar-refractivity contribution in [2.75, 3.05) is 5.33 Å². The molecule has 0 saturated heterocycles. The number of rotatable bonds is 3. The smallest absolute Gasteiger partial charge is 0.134 e. The molecular formula is C9H10BrCl2N. The van der Waals surface area contributed by atoms with Gasteiger partial charge in [-0.3, -0.25) is 0 Å². The van der Waals surface area contributed by atoms with E-state index >= 15 is 0 Å². The third-order valence-electron chi connectivity index (χ3n) is 1.83. The third kappa shape index (κ3) is 3.12. The summed E-state index contributed by atoms with van der Waals surface area (Å²) in [5, 5.41) is 1.97. The first-order chi connectivity index (χ1) is 6.15. The Morgan fingerprint density at radius 3 is 2.69 bits per heavy atom. The second kappa shape index (κ2) is 5.18. The van der Waals surface area contributed by atoms with Crippen molar-refractivity contribution in [3.8, 4) is 0 Å². The van der Waals surface area contributed by atoms with E-state index in [0.717, 1.165) is 29.3 Å². The molecule has 0 aliphatic heterocycles. The molecule has 0 aliphatic rings. The first-order valence-electron chi connectivity index (χ1n) is 4.02. The van der Waals surface area contributed by atoms with Crippen LogP contribution in [-0.2, 0) is 6.42 Å². The molecule has 0 saturated carbocycles. The zero-order chi connectivity index (χ0) is 9.84. The highest BCUT2D eigenvalue weighted by molar-refractivity contribution is 9.09. The number of aromatic nitrogens is 1. The molecule has 0 radical (unpaired) electrons. The van der Waals surface area contributed by atoms with Gasteiger partial charge in [-0.05, 0) is 37.0 Å². The summed E-state index contributed by atoms with van der Waals surface area (Å²) in [6.07, 6.45) is 2.00. The Balaban J connectivity index is 2.92. The molecule has 4 heteroatoms. The minimum absolute atomic E-state index is 0.463. The van der Waals surface area contributed by atoms with Crippen LogP contribution in [-0.4, -0.2) is 10.3 Å². The molecule has 0 aliphatic carbocycles. The Bertz CT molecular complexity index is 279. The molecule has 1 rings (SSSR count). The molecule has 0 N–H and O–H groups in total. The van der Waals surface area contributed by atoms with Crippen molar-refractivity contribution in [1.82, 2.24) is 4.98 Å². The first kappa shape index (κ1) is 11.3. The molecule has 0 unspecified atom stereocenters. The zero-order valence-electron chi connectivity index (χ0n) is 7.28. The van der Waals surface area contributed by atoms with Crippen LogP contribution in [0, 0.1) is 6.92 Å². The summed E-state index contributed by atoms with van der Waals surface area (Å²) in [4.78, 5) is 4.00. The summed E-state index contributed by atoms with van der Waals surface area (Å²) in [7, 11) is 0. The average molecular weight is 283 g/mol. The number of hydrogen-bond acceptors (Lipinski definition) is 1. The summed E-state index contributed by atoms with van der Waals surface area (Å²) >= 11 is 15.1. The van der Waals surface area contributed by atoms with Crippen LogP contribution in [0.2, 0.25) is 10.3 Å². The van der Waals surface area contributed by atoms with Crippen LogP contribution in [0.4, 0.5) is 0 Å². The molecule has 1 aromatic rings. The molecule has 0 amide bonds. The van der Waals surface area contributed by atoms with Gasteiger partial charge in [0.15, 0.2) is 0 Å². The van der Waals surface area contributed by atoms with Crippen LogP contribution in [0.5, 0.6) is 0 Å². The standard InChI is InChI=1S/C9H10BrCl2N/c1-6-5-8(11)13-9(12)7(6)3-2-4-10/h5H,2-4H2,1H3. The van der Waals surface area contributed by atoms with Gasteiger partial charge >= 0.3 is 0 Å². The lowest BCUT2D eigenvalue weighted by Crippen LogP contribution is -1.94. The maximum atomic E-state index is 5.96. The highest BCUT2D eigenvalue weighted by atomic mass is 79.9. The molecule has 0 bridgehead atoms. The Morgan fingerprint density at radius 2 is 2.15 bits per heavy atom. The van der Waals surface area contributed by atoms with Gasteiger partial charge in [-0.25, -0.2) is 4.98 Å². The molecule has 1 aromatic heterocycles. The van der Waals surface area contributed by atoms with Crippen molar-refractivity contribution in [1.29, 1.82) is 0 Å². The fourth-order valence-electron chi connectivity index (χ4n) is 1.17. The Kier molecular flexibility index (Phi) is 4.50. The number of alkyl halides is 1. The van der Waals surface area contributed by atoms with Crippen LogP contribution in [0.15, 0.2) is 6.07 Å². The summed E-state index contributed by atoms with van der Waals surface area (Å²) in [5.74, 6) is 0. The normalized spacial score (nSPS) is 10.5. The van der Waals surface area contributed by atoms with E-state index in [0.29, 0.717) is 10.3 Å². The van der Waals surface area contributed by atoms with Crippen LogP contribution >= 0.6 is 39.1 Å². The second-order valence-electron chi connectivity index (χ2n) is 2.82. The predicted octanol–water partition coefficient (Wildman–Crippen LogP) is 4.02. The minimum Gasteiger partial charge on any atom is -0.224 e. The van der Waals surface area contributed by atoms with E-state index < -0.39 is 0 Å². The first-order valence-corrected chi connectivity index (χ1v) is 5.90.